The van der Waals surface area contributed by atoms with Crippen LogP contribution in [0, 0.1) is 0 Å². The van der Waals surface area contributed by atoms with Gasteiger partial charge in [0.25, 0.3) is 0 Å². The molecule has 648 valence electrons. The summed E-state index contributed by atoms with van der Waals surface area (Å²) in [5.41, 5.74) is 26.3. The highest BCUT2D eigenvalue weighted by atomic mass is 15.0. The van der Waals surface area contributed by atoms with Gasteiger partial charge in [0.1, 0.15) is 0 Å². The standard InChI is InChI=1S/C64H40N4.C63H39N5.2CH4/c1-3-15-41(16-4-1)58-40-59(42-17-5-2-6-18-42)66-64(65-58)43-27-31-46(32-28-43)67-60-25-13-11-23-53(60)56-37-44(29-35-62(56)67)45-30-36-63-57(38-45)54-24-12-14-26-61(54)68(63)47-33-34-52-50-21-8-7-19-48(50)49-20-9-10-22-51(49)55(52)39-47;1-3-15-40(16-4-1)61-64-62(41-17-5-2-6-18-41)66-63(65-61)42-27-31-45(32-28-42)67-57-25-13-11-23-52(57)55-37-43(29-35-59(55)67)44-30-36-60-56(38-44)53-24-12-14-26-58(53)68(60)46-33-34-51-49-21-8-7-19-47(49)48-20-9-10-22-50(48)54(51)39-46;;/h1-40H;1-39H;2*1H4. The van der Waals surface area contributed by atoms with Crippen LogP contribution < -0.4 is 0 Å². The summed E-state index contributed by atoms with van der Waals surface area (Å²) >= 11 is 0. The number of nitrogens with zero attached hydrogens (tertiary/aromatic N) is 9. The summed E-state index contributed by atoms with van der Waals surface area (Å²) in [5.74, 6) is 2.63. The Bertz CT molecular complexity index is 8970. The number of hydrogen-bond donors (Lipinski definition) is 0. The summed E-state index contributed by atoms with van der Waals surface area (Å²) in [4.78, 5) is 25.0. The molecule has 0 bridgehead atoms. The van der Waals surface area contributed by atoms with Gasteiger partial charge in [0.15, 0.2) is 23.3 Å². The zero-order valence-corrected chi connectivity index (χ0v) is 73.6. The molecule has 0 spiro atoms. The highest BCUT2D eigenvalue weighted by molar-refractivity contribution is 6.28. The van der Waals surface area contributed by atoms with Crippen molar-refractivity contribution in [2.24, 2.45) is 0 Å². The van der Waals surface area contributed by atoms with Crippen LogP contribution in [0.25, 0.3) is 265 Å². The summed E-state index contributed by atoms with van der Waals surface area (Å²) < 4.78 is 9.61. The van der Waals surface area contributed by atoms with Crippen LogP contribution in [0.4, 0.5) is 0 Å². The lowest BCUT2D eigenvalue weighted by atomic mass is 9.94. The van der Waals surface area contributed by atoms with Crippen molar-refractivity contribution in [2.75, 3.05) is 0 Å². The van der Waals surface area contributed by atoms with E-state index in [0.717, 1.165) is 89.6 Å². The second kappa shape index (κ2) is 33.5. The molecule has 9 heteroatoms. The second-order valence-electron chi connectivity index (χ2n) is 35.3. The number of rotatable bonds is 12. The number of aromatic nitrogens is 9. The Morgan fingerprint density at radius 2 is 0.312 bits per heavy atom. The third kappa shape index (κ3) is 13.6. The Kier molecular flexibility index (Phi) is 19.8. The third-order valence-corrected chi connectivity index (χ3v) is 27.7. The molecule has 9 nitrogen and oxygen atoms in total. The van der Waals surface area contributed by atoms with E-state index in [0.29, 0.717) is 23.3 Å². The van der Waals surface area contributed by atoms with Gasteiger partial charge in [-0.25, -0.2) is 24.9 Å². The molecular formula is C129H87N9. The summed E-state index contributed by atoms with van der Waals surface area (Å²) in [6, 6.07) is 172. The van der Waals surface area contributed by atoms with E-state index in [1.807, 2.05) is 72.8 Å². The maximum Gasteiger partial charge on any atom is 0.164 e. The van der Waals surface area contributed by atoms with E-state index in [2.05, 4.69) is 425 Å². The highest BCUT2D eigenvalue weighted by Crippen LogP contribution is 2.46. The van der Waals surface area contributed by atoms with Crippen LogP contribution in [0.1, 0.15) is 14.9 Å². The molecule has 28 rings (SSSR count). The SMILES string of the molecule is C.C.c1ccc(-c2cc(-c3ccccc3)nc(-c3ccc(-n4c5ccccc5c5cc(-c6ccc7c(c6)c6ccccc6n7-c6ccc7c8ccccc8c8ccccc8c7c6)ccc54)cc3)n2)cc1.c1ccc(-c2nc(-c3ccccc3)nc(-c3ccc(-n4c5ccccc5c5cc(-c6ccc7c(c6)c6ccccc6n7-c6ccc7c8ccccc8c8ccccc8c7c6)ccc54)cc3)n2)cc1. The van der Waals surface area contributed by atoms with Gasteiger partial charge in [-0.1, -0.05) is 342 Å². The fourth-order valence-electron chi connectivity index (χ4n) is 21.3. The van der Waals surface area contributed by atoms with Gasteiger partial charge in [-0.3, -0.25) is 0 Å². The predicted octanol–water partition coefficient (Wildman–Crippen LogP) is 34.3. The number of benzene rings is 22. The lowest BCUT2D eigenvalue weighted by Crippen LogP contribution is -2.00. The Morgan fingerprint density at radius 3 is 0.594 bits per heavy atom. The molecule has 0 atom stereocenters. The van der Waals surface area contributed by atoms with Gasteiger partial charge in [-0.15, -0.1) is 0 Å². The van der Waals surface area contributed by atoms with E-state index in [4.69, 9.17) is 24.9 Å². The smallest absolute Gasteiger partial charge is 0.164 e. The molecule has 0 radical (unpaired) electrons. The molecule has 0 saturated heterocycles. The highest BCUT2D eigenvalue weighted by Gasteiger charge is 2.24. The van der Waals surface area contributed by atoms with Crippen molar-refractivity contribution in [1.29, 1.82) is 0 Å². The first-order chi connectivity index (χ1) is 67.4. The van der Waals surface area contributed by atoms with Crippen LogP contribution in [0.3, 0.4) is 0 Å². The average molecular weight is 1760 g/mol. The van der Waals surface area contributed by atoms with Crippen molar-refractivity contribution in [3.8, 4) is 113 Å². The molecule has 22 aromatic carbocycles. The van der Waals surface area contributed by atoms with Crippen LogP contribution in [-0.2, 0) is 0 Å². The van der Waals surface area contributed by atoms with Gasteiger partial charge in [-0.2, -0.15) is 0 Å². The molecule has 0 aliphatic heterocycles. The molecule has 138 heavy (non-hydrogen) atoms. The summed E-state index contributed by atoms with van der Waals surface area (Å²) in [7, 11) is 0. The number of para-hydroxylation sites is 4. The maximum atomic E-state index is 5.09. The summed E-state index contributed by atoms with van der Waals surface area (Å²) in [5, 5.41) is 25.1. The van der Waals surface area contributed by atoms with Crippen LogP contribution >= 0.6 is 0 Å². The molecule has 0 aliphatic carbocycles. The molecule has 0 saturated carbocycles. The molecule has 0 unspecified atom stereocenters. The Balaban J connectivity index is 0.000000144. The fraction of sp³-hybridized carbons (Fsp3) is 0.0155. The topological polar surface area (TPSA) is 84.2 Å². The zero-order valence-electron chi connectivity index (χ0n) is 73.6. The zero-order chi connectivity index (χ0) is 89.4. The maximum absolute atomic E-state index is 5.09. The van der Waals surface area contributed by atoms with E-state index < -0.39 is 0 Å². The van der Waals surface area contributed by atoms with Crippen molar-refractivity contribution in [3.05, 3.63) is 479 Å². The second-order valence-corrected chi connectivity index (χ2v) is 35.3. The molecule has 0 aliphatic rings. The van der Waals surface area contributed by atoms with Gasteiger partial charge in [0.05, 0.1) is 55.5 Å². The van der Waals surface area contributed by atoms with Crippen LogP contribution in [-0.4, -0.2) is 43.2 Å². The van der Waals surface area contributed by atoms with Gasteiger partial charge in [0, 0.05) is 99.2 Å². The Labute approximate surface area is 796 Å². The fourth-order valence-corrected chi connectivity index (χ4v) is 21.3. The van der Waals surface area contributed by atoms with Gasteiger partial charge < -0.3 is 18.3 Å². The van der Waals surface area contributed by atoms with Crippen molar-refractivity contribution < 1.29 is 0 Å². The van der Waals surface area contributed by atoms with E-state index in [1.54, 1.807) is 0 Å². The minimum absolute atomic E-state index is 0. The monoisotopic (exact) mass is 1760 g/mol. The summed E-state index contributed by atoms with van der Waals surface area (Å²) in [6.07, 6.45) is 0. The number of hydrogen-bond acceptors (Lipinski definition) is 5. The van der Waals surface area contributed by atoms with Gasteiger partial charge in [0.2, 0.25) is 0 Å². The van der Waals surface area contributed by atoms with E-state index >= 15 is 0 Å². The quantitative estimate of drug-likeness (QED) is 0.114. The number of fused-ring (bicyclic) bond motifs is 24. The molecule has 6 heterocycles. The van der Waals surface area contributed by atoms with Crippen molar-refractivity contribution in [1.82, 2.24) is 43.2 Å². The van der Waals surface area contributed by atoms with Crippen molar-refractivity contribution >= 4 is 152 Å². The van der Waals surface area contributed by atoms with Gasteiger partial charge in [-0.05, 0) is 239 Å². The van der Waals surface area contributed by atoms with Crippen LogP contribution in [0.2, 0.25) is 0 Å². The minimum Gasteiger partial charge on any atom is -0.309 e. The first kappa shape index (κ1) is 81.7. The minimum atomic E-state index is 0. The largest absolute Gasteiger partial charge is 0.309 e. The molecule has 0 N–H and O–H groups in total. The molecule has 0 fully saturated rings. The lowest BCUT2D eigenvalue weighted by molar-refractivity contribution is 1.07. The molecule has 28 aromatic rings. The van der Waals surface area contributed by atoms with Crippen molar-refractivity contribution in [3.63, 3.8) is 0 Å². The van der Waals surface area contributed by atoms with E-state index in [-0.39, 0.29) is 14.9 Å². The average Bonchev–Trinajstić information content (AvgIpc) is 1.71. The summed E-state index contributed by atoms with van der Waals surface area (Å²) in [6.45, 7) is 0. The van der Waals surface area contributed by atoms with Gasteiger partial charge >= 0.3 is 0 Å². The first-order valence-electron chi connectivity index (χ1n) is 46.3. The third-order valence-electron chi connectivity index (χ3n) is 27.7. The molecule has 0 amide bonds. The van der Waals surface area contributed by atoms with Crippen LogP contribution in [0.15, 0.2) is 479 Å². The van der Waals surface area contributed by atoms with E-state index in [9.17, 15) is 0 Å². The lowest BCUT2D eigenvalue weighted by Gasteiger charge is -2.14. The van der Waals surface area contributed by atoms with E-state index in [1.165, 1.54) is 152 Å². The normalized spacial score (nSPS) is 11.7. The van der Waals surface area contributed by atoms with Crippen molar-refractivity contribution in [2.45, 2.75) is 14.9 Å². The Morgan fingerprint density at radius 1 is 0.116 bits per heavy atom. The van der Waals surface area contributed by atoms with Crippen LogP contribution in [0.5, 0.6) is 0 Å². The molecular weight excluding hydrogens is 1680 g/mol. The first-order valence-corrected chi connectivity index (χ1v) is 46.3. The predicted molar refractivity (Wildman–Crippen MR) is 581 cm³/mol. The molecule has 6 aromatic heterocycles. The Hall–Kier alpha value is -18.3.